The van der Waals surface area contributed by atoms with E-state index in [2.05, 4.69) is 11.6 Å². The number of aliphatic hydroxyl groups excluding tert-OH is 1. The Morgan fingerprint density at radius 1 is 1.44 bits per heavy atom. The van der Waals surface area contributed by atoms with Gasteiger partial charge in [-0.1, -0.05) is 48.7 Å². The van der Waals surface area contributed by atoms with Crippen LogP contribution in [0, 0.1) is 0 Å². The van der Waals surface area contributed by atoms with E-state index in [1.165, 1.54) is 0 Å². The Bertz CT molecular complexity index is 494. The number of aliphatic hydroxyl groups is 1. The monoisotopic (exact) mass is 260 g/mol. The maximum Gasteiger partial charge on any atom is 0.163 e. The number of hydrogen-bond donors (Lipinski definition) is 1. The topological polar surface area (TPSA) is 35.8 Å². The fraction of sp³-hybridized carbons (Fsp3) is 0.214. The molecule has 0 saturated carbocycles. The third kappa shape index (κ3) is 2.43. The SMILES string of the molecule is C=C(/C(=C/O)c1ccccc1)N1CCSC1=NC. The van der Waals surface area contributed by atoms with Gasteiger partial charge in [-0.3, -0.25) is 4.99 Å². The quantitative estimate of drug-likeness (QED) is 0.670. The van der Waals surface area contributed by atoms with Crippen LogP contribution in [-0.2, 0) is 0 Å². The van der Waals surface area contributed by atoms with E-state index in [4.69, 9.17) is 0 Å². The minimum atomic E-state index is 0.735. The molecule has 0 spiro atoms. The molecule has 0 aliphatic carbocycles. The summed E-state index contributed by atoms with van der Waals surface area (Å²) in [4.78, 5) is 6.28. The molecule has 0 radical (unpaired) electrons. The van der Waals surface area contributed by atoms with E-state index in [0.29, 0.717) is 0 Å². The first-order chi connectivity index (χ1) is 8.77. The molecule has 1 aromatic carbocycles. The van der Waals surface area contributed by atoms with Crippen molar-refractivity contribution < 1.29 is 5.11 Å². The number of hydrogen-bond acceptors (Lipinski definition) is 3. The van der Waals surface area contributed by atoms with Gasteiger partial charge >= 0.3 is 0 Å². The van der Waals surface area contributed by atoms with Crippen LogP contribution in [-0.4, -0.2) is 34.5 Å². The number of nitrogens with zero attached hydrogens (tertiary/aromatic N) is 2. The molecule has 1 aliphatic heterocycles. The highest BCUT2D eigenvalue weighted by Crippen LogP contribution is 2.29. The fourth-order valence-electron chi connectivity index (χ4n) is 1.92. The molecule has 18 heavy (non-hydrogen) atoms. The first-order valence-corrected chi connectivity index (χ1v) is 6.72. The molecule has 0 bridgehead atoms. The van der Waals surface area contributed by atoms with E-state index in [9.17, 15) is 5.11 Å². The summed E-state index contributed by atoms with van der Waals surface area (Å²) in [6, 6.07) is 9.75. The van der Waals surface area contributed by atoms with Crippen LogP contribution in [0.1, 0.15) is 5.56 Å². The van der Waals surface area contributed by atoms with Crippen LogP contribution in [0.2, 0.25) is 0 Å². The Labute approximate surface area is 112 Å². The van der Waals surface area contributed by atoms with Crippen LogP contribution < -0.4 is 0 Å². The van der Waals surface area contributed by atoms with Crippen LogP contribution in [0.4, 0.5) is 0 Å². The van der Waals surface area contributed by atoms with Gasteiger partial charge < -0.3 is 10.0 Å². The predicted molar refractivity (Wildman–Crippen MR) is 78.7 cm³/mol. The lowest BCUT2D eigenvalue weighted by atomic mass is 10.0. The molecule has 1 heterocycles. The van der Waals surface area contributed by atoms with Gasteiger partial charge in [-0.2, -0.15) is 0 Å². The van der Waals surface area contributed by atoms with Crippen molar-refractivity contribution in [1.82, 2.24) is 4.90 Å². The van der Waals surface area contributed by atoms with Gasteiger partial charge in [0.2, 0.25) is 0 Å². The molecule has 1 aliphatic rings. The average Bonchev–Trinajstić information content (AvgIpc) is 2.89. The Morgan fingerprint density at radius 2 is 2.17 bits per heavy atom. The molecule has 1 aromatic rings. The van der Waals surface area contributed by atoms with Crippen molar-refractivity contribution in [3.8, 4) is 0 Å². The first-order valence-electron chi connectivity index (χ1n) is 5.74. The summed E-state index contributed by atoms with van der Waals surface area (Å²) in [5.41, 5.74) is 2.48. The largest absolute Gasteiger partial charge is 0.515 e. The summed E-state index contributed by atoms with van der Waals surface area (Å²) in [5, 5.41) is 10.4. The van der Waals surface area contributed by atoms with Crippen molar-refractivity contribution in [2.75, 3.05) is 19.3 Å². The Balaban J connectivity index is 2.27. The Hall–Kier alpha value is -1.68. The van der Waals surface area contributed by atoms with Gasteiger partial charge in [-0.25, -0.2) is 0 Å². The van der Waals surface area contributed by atoms with Crippen LogP contribution >= 0.6 is 11.8 Å². The standard InChI is InChI=1S/C14H16N2OS/c1-11(16-8-9-18-14(16)15-2)13(10-17)12-6-4-3-5-7-12/h3-7,10,17H,1,8-9H2,2H3/b13-10-,15-14?. The second-order valence-electron chi connectivity index (χ2n) is 3.86. The highest BCUT2D eigenvalue weighted by atomic mass is 32.2. The maximum atomic E-state index is 9.47. The van der Waals surface area contributed by atoms with Gasteiger partial charge in [0.05, 0.1) is 6.26 Å². The summed E-state index contributed by atoms with van der Waals surface area (Å²) < 4.78 is 0. The number of thioether (sulfide) groups is 1. The highest BCUT2D eigenvalue weighted by molar-refractivity contribution is 8.14. The molecule has 2 rings (SSSR count). The van der Waals surface area contributed by atoms with E-state index in [1.54, 1.807) is 18.8 Å². The van der Waals surface area contributed by atoms with Crippen molar-refractivity contribution >= 4 is 22.5 Å². The van der Waals surface area contributed by atoms with E-state index in [0.717, 1.165) is 40.6 Å². The van der Waals surface area contributed by atoms with Gasteiger partial charge in [0.25, 0.3) is 0 Å². The van der Waals surface area contributed by atoms with Crippen molar-refractivity contribution in [2.45, 2.75) is 0 Å². The molecular weight excluding hydrogens is 244 g/mol. The van der Waals surface area contributed by atoms with Gasteiger partial charge in [-0.05, 0) is 5.56 Å². The van der Waals surface area contributed by atoms with Gasteiger partial charge in [0.15, 0.2) is 5.17 Å². The molecule has 0 aromatic heterocycles. The molecular formula is C14H16N2OS. The zero-order valence-electron chi connectivity index (χ0n) is 10.3. The molecule has 0 amide bonds. The molecule has 94 valence electrons. The second-order valence-corrected chi connectivity index (χ2v) is 4.92. The number of rotatable bonds is 3. The molecule has 1 fully saturated rings. The fourth-order valence-corrected chi connectivity index (χ4v) is 2.86. The minimum absolute atomic E-state index is 0.735. The van der Waals surface area contributed by atoms with E-state index >= 15 is 0 Å². The van der Waals surface area contributed by atoms with Crippen molar-refractivity contribution in [3.63, 3.8) is 0 Å². The molecule has 4 heteroatoms. The molecule has 3 nitrogen and oxygen atoms in total. The minimum Gasteiger partial charge on any atom is -0.515 e. The van der Waals surface area contributed by atoms with Gasteiger partial charge in [0, 0.05) is 30.6 Å². The van der Waals surface area contributed by atoms with Crippen LogP contribution in [0.15, 0.2) is 53.9 Å². The van der Waals surface area contributed by atoms with Crippen LogP contribution in [0.5, 0.6) is 0 Å². The summed E-state index contributed by atoms with van der Waals surface area (Å²) >= 11 is 1.71. The predicted octanol–water partition coefficient (Wildman–Crippen LogP) is 3.13. The number of allylic oxidation sites excluding steroid dienone is 1. The Morgan fingerprint density at radius 3 is 2.78 bits per heavy atom. The van der Waals surface area contributed by atoms with Crippen molar-refractivity contribution in [2.24, 2.45) is 4.99 Å². The van der Waals surface area contributed by atoms with Crippen molar-refractivity contribution in [3.05, 3.63) is 54.4 Å². The third-order valence-electron chi connectivity index (χ3n) is 2.82. The zero-order chi connectivity index (χ0) is 13.0. The summed E-state index contributed by atoms with van der Waals surface area (Å²) in [6.07, 6.45) is 1.12. The van der Waals surface area contributed by atoms with E-state index < -0.39 is 0 Å². The summed E-state index contributed by atoms with van der Waals surface area (Å²) in [5.74, 6) is 0.999. The van der Waals surface area contributed by atoms with Crippen LogP contribution in [0.3, 0.4) is 0 Å². The maximum absolute atomic E-state index is 9.47. The zero-order valence-corrected chi connectivity index (χ0v) is 11.2. The average molecular weight is 260 g/mol. The smallest absolute Gasteiger partial charge is 0.163 e. The normalized spacial score (nSPS) is 18.4. The lowest BCUT2D eigenvalue weighted by Crippen LogP contribution is -2.23. The molecule has 1 saturated heterocycles. The number of aliphatic imine (C=N–C) groups is 1. The lowest BCUT2D eigenvalue weighted by Gasteiger charge is -2.22. The van der Waals surface area contributed by atoms with Gasteiger partial charge in [0.1, 0.15) is 0 Å². The molecule has 0 atom stereocenters. The van der Waals surface area contributed by atoms with Gasteiger partial charge in [-0.15, -0.1) is 0 Å². The lowest BCUT2D eigenvalue weighted by molar-refractivity contribution is 0.473. The first kappa shape index (κ1) is 12.8. The number of amidine groups is 1. The summed E-state index contributed by atoms with van der Waals surface area (Å²) in [6.45, 7) is 4.96. The summed E-state index contributed by atoms with van der Waals surface area (Å²) in [7, 11) is 1.78. The second kappa shape index (κ2) is 5.78. The molecule has 1 N–H and O–H groups in total. The van der Waals surface area contributed by atoms with Crippen LogP contribution in [0.25, 0.3) is 5.57 Å². The van der Waals surface area contributed by atoms with Crippen molar-refractivity contribution in [1.29, 1.82) is 0 Å². The van der Waals surface area contributed by atoms with E-state index in [1.807, 2.05) is 35.2 Å². The number of benzene rings is 1. The third-order valence-corrected chi connectivity index (χ3v) is 3.87. The molecule has 0 unspecified atom stereocenters. The van der Waals surface area contributed by atoms with E-state index in [-0.39, 0.29) is 0 Å². The Kier molecular flexibility index (Phi) is 4.10. The highest BCUT2D eigenvalue weighted by Gasteiger charge is 2.23.